The maximum atomic E-state index is 6.13. The third-order valence-electron chi connectivity index (χ3n) is 4.31. The number of hydrogen-bond acceptors (Lipinski definition) is 2. The lowest BCUT2D eigenvalue weighted by Gasteiger charge is -2.33. The quantitative estimate of drug-likeness (QED) is 0.893. The Morgan fingerprint density at radius 2 is 1.67 bits per heavy atom. The fraction of sp³-hybridized carbons (Fsp3) is 0.368. The molecule has 0 radical (unpaired) electrons. The van der Waals surface area contributed by atoms with Crippen molar-refractivity contribution in [1.29, 1.82) is 0 Å². The zero-order chi connectivity index (χ0) is 15.4. The van der Waals surface area contributed by atoms with Gasteiger partial charge in [-0.1, -0.05) is 35.9 Å². The average Bonchev–Trinajstić information content (AvgIpc) is 2.49. The highest BCUT2D eigenvalue weighted by atomic mass is 15.2. The summed E-state index contributed by atoms with van der Waals surface area (Å²) in [6.45, 7) is 10.2. The Morgan fingerprint density at radius 3 is 2.24 bits per heavy atom. The number of aryl methyl sites for hydroxylation is 2. The van der Waals surface area contributed by atoms with Gasteiger partial charge in [0.2, 0.25) is 0 Å². The number of nitrogens with zero attached hydrogens (tertiary/aromatic N) is 1. The summed E-state index contributed by atoms with van der Waals surface area (Å²) in [5.74, 6) is 0. The van der Waals surface area contributed by atoms with Crippen molar-refractivity contribution in [2.45, 2.75) is 33.7 Å². The predicted molar refractivity (Wildman–Crippen MR) is 91.9 cm³/mol. The molecule has 0 aliphatic carbocycles. The van der Waals surface area contributed by atoms with Crippen molar-refractivity contribution in [3.63, 3.8) is 0 Å². The van der Waals surface area contributed by atoms with E-state index in [1.165, 1.54) is 27.9 Å². The van der Waals surface area contributed by atoms with E-state index in [9.17, 15) is 0 Å². The average molecular weight is 282 g/mol. The van der Waals surface area contributed by atoms with Gasteiger partial charge in [-0.05, 0) is 56.5 Å². The molecule has 0 saturated carbocycles. The van der Waals surface area contributed by atoms with Crippen molar-refractivity contribution in [2.75, 3.05) is 18.0 Å². The van der Waals surface area contributed by atoms with Gasteiger partial charge >= 0.3 is 0 Å². The largest absolute Gasteiger partial charge is 0.363 e. The van der Waals surface area contributed by atoms with Gasteiger partial charge in [-0.25, -0.2) is 0 Å². The Hall–Kier alpha value is -1.80. The second-order valence-corrected chi connectivity index (χ2v) is 5.66. The number of rotatable bonds is 5. The molecule has 0 aliphatic heterocycles. The Bertz CT molecular complexity index is 587. The summed E-state index contributed by atoms with van der Waals surface area (Å²) >= 11 is 0. The van der Waals surface area contributed by atoms with E-state index in [1.54, 1.807) is 0 Å². The van der Waals surface area contributed by atoms with Crippen molar-refractivity contribution in [1.82, 2.24) is 0 Å². The molecular weight excluding hydrogens is 256 g/mol. The zero-order valence-corrected chi connectivity index (χ0v) is 13.6. The molecule has 0 aromatic heterocycles. The Balaban J connectivity index is 2.42. The summed E-state index contributed by atoms with van der Waals surface area (Å²) in [7, 11) is 0. The smallest absolute Gasteiger partial charge is 0.0667 e. The highest BCUT2D eigenvalue weighted by Gasteiger charge is 2.20. The number of likely N-dealkylation sites (N-methyl/N-ethyl adjacent to an activating group) is 1. The molecule has 0 saturated heterocycles. The van der Waals surface area contributed by atoms with Gasteiger partial charge < -0.3 is 10.6 Å². The Labute approximate surface area is 128 Å². The molecule has 1 unspecified atom stereocenters. The molecule has 0 bridgehead atoms. The van der Waals surface area contributed by atoms with E-state index in [-0.39, 0.29) is 6.04 Å². The number of nitrogens with two attached hydrogens (primary N) is 1. The Kier molecular flexibility index (Phi) is 5.03. The van der Waals surface area contributed by atoms with Gasteiger partial charge in [0.25, 0.3) is 0 Å². The van der Waals surface area contributed by atoms with Gasteiger partial charge in [-0.15, -0.1) is 0 Å². The van der Waals surface area contributed by atoms with Crippen LogP contribution < -0.4 is 10.6 Å². The number of hydrogen-bond donors (Lipinski definition) is 1. The van der Waals surface area contributed by atoms with E-state index in [0.717, 1.165) is 6.54 Å². The molecule has 0 amide bonds. The number of benzene rings is 2. The summed E-state index contributed by atoms with van der Waals surface area (Å²) in [6.07, 6.45) is 0. The molecule has 0 aliphatic rings. The third kappa shape index (κ3) is 3.27. The fourth-order valence-electron chi connectivity index (χ4n) is 2.88. The molecule has 112 valence electrons. The van der Waals surface area contributed by atoms with Crippen LogP contribution in [0.4, 0.5) is 5.69 Å². The summed E-state index contributed by atoms with van der Waals surface area (Å²) in [5.41, 5.74) is 12.6. The molecule has 1 atom stereocenters. The van der Waals surface area contributed by atoms with Gasteiger partial charge in [-0.2, -0.15) is 0 Å². The van der Waals surface area contributed by atoms with Gasteiger partial charge in [0, 0.05) is 18.8 Å². The molecule has 2 nitrogen and oxygen atoms in total. The maximum absolute atomic E-state index is 6.13. The van der Waals surface area contributed by atoms with E-state index < -0.39 is 0 Å². The minimum atomic E-state index is 0.220. The summed E-state index contributed by atoms with van der Waals surface area (Å²) in [4.78, 5) is 2.39. The fourth-order valence-corrected chi connectivity index (χ4v) is 2.88. The topological polar surface area (TPSA) is 29.3 Å². The molecule has 2 rings (SSSR count). The van der Waals surface area contributed by atoms with E-state index in [2.05, 4.69) is 75.1 Å². The first-order chi connectivity index (χ1) is 10.1. The van der Waals surface area contributed by atoms with E-state index in [0.29, 0.717) is 6.54 Å². The van der Waals surface area contributed by atoms with Crippen LogP contribution in [0.25, 0.3) is 0 Å². The first-order valence-electron chi connectivity index (χ1n) is 7.68. The first-order valence-corrected chi connectivity index (χ1v) is 7.68. The van der Waals surface area contributed by atoms with Crippen LogP contribution in [-0.4, -0.2) is 13.1 Å². The van der Waals surface area contributed by atoms with Crippen LogP contribution in [0.3, 0.4) is 0 Å². The molecule has 21 heavy (non-hydrogen) atoms. The van der Waals surface area contributed by atoms with Crippen molar-refractivity contribution >= 4 is 5.69 Å². The van der Waals surface area contributed by atoms with Crippen molar-refractivity contribution in [2.24, 2.45) is 5.73 Å². The van der Waals surface area contributed by atoms with Crippen molar-refractivity contribution in [3.8, 4) is 0 Å². The lowest BCUT2D eigenvalue weighted by molar-refractivity contribution is 0.639. The maximum Gasteiger partial charge on any atom is 0.0667 e. The highest BCUT2D eigenvalue weighted by Crippen LogP contribution is 2.29. The van der Waals surface area contributed by atoms with E-state index >= 15 is 0 Å². The van der Waals surface area contributed by atoms with Gasteiger partial charge in [-0.3, -0.25) is 0 Å². The third-order valence-corrected chi connectivity index (χ3v) is 4.31. The molecule has 2 heteroatoms. The van der Waals surface area contributed by atoms with Gasteiger partial charge in [0.15, 0.2) is 0 Å². The lowest BCUT2D eigenvalue weighted by Crippen LogP contribution is -2.34. The van der Waals surface area contributed by atoms with Gasteiger partial charge in [0.05, 0.1) is 6.04 Å². The minimum absolute atomic E-state index is 0.220. The molecule has 0 spiro atoms. The normalized spacial score (nSPS) is 12.2. The van der Waals surface area contributed by atoms with E-state index in [1.807, 2.05) is 0 Å². The first kappa shape index (κ1) is 15.6. The monoisotopic (exact) mass is 282 g/mol. The van der Waals surface area contributed by atoms with Crippen LogP contribution in [0, 0.1) is 20.8 Å². The van der Waals surface area contributed by atoms with Gasteiger partial charge in [0.1, 0.15) is 0 Å². The second kappa shape index (κ2) is 6.77. The second-order valence-electron chi connectivity index (χ2n) is 5.66. The molecule has 2 aromatic rings. The molecular formula is C19H26N2. The summed E-state index contributed by atoms with van der Waals surface area (Å²) < 4.78 is 0. The highest BCUT2D eigenvalue weighted by molar-refractivity contribution is 5.51. The summed E-state index contributed by atoms with van der Waals surface area (Å²) in [6, 6.07) is 15.4. The van der Waals surface area contributed by atoms with E-state index in [4.69, 9.17) is 5.73 Å². The molecule has 0 heterocycles. The minimum Gasteiger partial charge on any atom is -0.363 e. The van der Waals surface area contributed by atoms with Crippen LogP contribution in [0.5, 0.6) is 0 Å². The van der Waals surface area contributed by atoms with Crippen LogP contribution in [0.1, 0.15) is 35.2 Å². The zero-order valence-electron chi connectivity index (χ0n) is 13.6. The van der Waals surface area contributed by atoms with Crippen LogP contribution in [-0.2, 0) is 0 Å². The molecule has 2 N–H and O–H groups in total. The van der Waals surface area contributed by atoms with Crippen LogP contribution in [0.2, 0.25) is 0 Å². The van der Waals surface area contributed by atoms with Crippen LogP contribution in [0.15, 0.2) is 42.5 Å². The standard InChI is InChI=1S/C19H26N2/c1-5-21(17-11-9-14(2)10-12-17)19(13-20)18-8-6-7-15(3)16(18)4/h6-12,19H,5,13,20H2,1-4H3. The molecule has 2 aromatic carbocycles. The lowest BCUT2D eigenvalue weighted by atomic mass is 9.96. The predicted octanol–water partition coefficient (Wildman–Crippen LogP) is 4.14. The number of anilines is 1. The van der Waals surface area contributed by atoms with Crippen LogP contribution >= 0.6 is 0 Å². The van der Waals surface area contributed by atoms with Crippen molar-refractivity contribution < 1.29 is 0 Å². The summed E-state index contributed by atoms with van der Waals surface area (Å²) in [5, 5.41) is 0. The molecule has 0 fully saturated rings. The van der Waals surface area contributed by atoms with Crippen molar-refractivity contribution in [3.05, 3.63) is 64.7 Å². The Morgan fingerprint density at radius 1 is 1.00 bits per heavy atom. The SMILES string of the molecule is CCN(c1ccc(C)cc1)C(CN)c1cccc(C)c1C.